The minimum Gasteiger partial charge on any atom is -0.494 e. The van der Waals surface area contributed by atoms with E-state index in [0.29, 0.717) is 45.9 Å². The molecule has 6 nitrogen and oxygen atoms in total. The Labute approximate surface area is 162 Å². The van der Waals surface area contributed by atoms with Crippen molar-refractivity contribution in [3.63, 3.8) is 0 Å². The number of hydrogen-bond acceptors (Lipinski definition) is 5. The van der Waals surface area contributed by atoms with Crippen molar-refractivity contribution in [1.82, 2.24) is 0 Å². The van der Waals surface area contributed by atoms with Crippen molar-refractivity contribution in [2.75, 3.05) is 20.8 Å². The van der Waals surface area contributed by atoms with Crippen molar-refractivity contribution in [1.29, 1.82) is 0 Å². The quantitative estimate of drug-likeness (QED) is 0.640. The third-order valence-corrected chi connectivity index (χ3v) is 4.56. The summed E-state index contributed by atoms with van der Waals surface area (Å²) in [5.74, 6) is 0.615. The molecule has 0 bridgehead atoms. The van der Waals surface area contributed by atoms with E-state index in [1.807, 2.05) is 19.1 Å². The lowest BCUT2D eigenvalue weighted by molar-refractivity contribution is 0.0694. The molecule has 0 fully saturated rings. The number of carbonyl (C=O) groups is 1. The van der Waals surface area contributed by atoms with Gasteiger partial charge in [-0.15, -0.1) is 0 Å². The Morgan fingerprint density at radius 3 is 2.18 bits per heavy atom. The molecule has 0 unspecified atom stereocenters. The van der Waals surface area contributed by atoms with Gasteiger partial charge in [0.15, 0.2) is 11.5 Å². The number of benzene rings is 3. The standard InChI is InChI=1S/C22H22O6/c1-4-28-16-7-5-13(6-8-16)20-17-11-19(27-3)18(26-2)10-14(17)9-15(12-23)21(20)22(24)25/h5-11,23H,4,12H2,1-3H3,(H,24,25). The van der Waals surface area contributed by atoms with Gasteiger partial charge >= 0.3 is 5.97 Å². The van der Waals surface area contributed by atoms with Crippen LogP contribution in [0.25, 0.3) is 21.9 Å². The number of aliphatic hydroxyl groups is 1. The van der Waals surface area contributed by atoms with Gasteiger partial charge < -0.3 is 24.4 Å². The fourth-order valence-electron chi connectivity index (χ4n) is 3.34. The molecule has 0 atom stereocenters. The van der Waals surface area contributed by atoms with E-state index in [2.05, 4.69) is 0 Å². The van der Waals surface area contributed by atoms with Gasteiger partial charge in [0.1, 0.15) is 5.75 Å². The fourth-order valence-corrected chi connectivity index (χ4v) is 3.34. The predicted octanol–water partition coefficient (Wildman–Crippen LogP) is 4.11. The highest BCUT2D eigenvalue weighted by atomic mass is 16.5. The first-order chi connectivity index (χ1) is 13.5. The summed E-state index contributed by atoms with van der Waals surface area (Å²) < 4.78 is 16.2. The maximum Gasteiger partial charge on any atom is 0.336 e. The fraction of sp³-hybridized carbons (Fsp3) is 0.227. The summed E-state index contributed by atoms with van der Waals surface area (Å²) in [6.07, 6.45) is 0. The zero-order valence-electron chi connectivity index (χ0n) is 16.0. The highest BCUT2D eigenvalue weighted by Gasteiger charge is 2.22. The van der Waals surface area contributed by atoms with E-state index in [1.54, 1.807) is 30.3 Å². The molecule has 3 aromatic carbocycles. The number of aliphatic hydroxyl groups excluding tert-OH is 1. The van der Waals surface area contributed by atoms with Crippen LogP contribution in [0.15, 0.2) is 42.5 Å². The van der Waals surface area contributed by atoms with Gasteiger partial charge in [-0.3, -0.25) is 0 Å². The smallest absolute Gasteiger partial charge is 0.336 e. The Balaban J connectivity index is 2.38. The number of aromatic carboxylic acids is 1. The maximum atomic E-state index is 12.1. The minimum absolute atomic E-state index is 0.0615. The van der Waals surface area contributed by atoms with Crippen molar-refractivity contribution < 1.29 is 29.2 Å². The lowest BCUT2D eigenvalue weighted by atomic mass is 9.89. The molecule has 0 saturated carbocycles. The second-order valence-corrected chi connectivity index (χ2v) is 6.13. The molecule has 0 aliphatic carbocycles. The largest absolute Gasteiger partial charge is 0.494 e. The molecule has 146 valence electrons. The normalized spacial score (nSPS) is 10.7. The molecule has 0 radical (unpaired) electrons. The molecule has 0 aromatic heterocycles. The maximum absolute atomic E-state index is 12.1. The Hall–Kier alpha value is -3.25. The number of fused-ring (bicyclic) bond motifs is 1. The molecule has 0 aliphatic heterocycles. The summed E-state index contributed by atoms with van der Waals surface area (Å²) in [5.41, 5.74) is 1.61. The molecule has 0 aliphatic rings. The lowest BCUT2D eigenvalue weighted by Crippen LogP contribution is -2.06. The van der Waals surface area contributed by atoms with E-state index in [4.69, 9.17) is 14.2 Å². The molecule has 6 heteroatoms. The molecule has 2 N–H and O–H groups in total. The van der Waals surface area contributed by atoms with Crippen LogP contribution in [0.5, 0.6) is 17.2 Å². The van der Waals surface area contributed by atoms with Crippen LogP contribution >= 0.6 is 0 Å². The molecule has 0 amide bonds. The Morgan fingerprint density at radius 1 is 1.00 bits per heavy atom. The zero-order chi connectivity index (χ0) is 20.3. The summed E-state index contributed by atoms with van der Waals surface area (Å²) in [5, 5.41) is 21.1. The third kappa shape index (κ3) is 3.46. The summed E-state index contributed by atoms with van der Waals surface area (Å²) in [4.78, 5) is 12.1. The summed E-state index contributed by atoms with van der Waals surface area (Å²) in [6, 6.07) is 12.4. The van der Waals surface area contributed by atoms with Crippen molar-refractivity contribution in [2.24, 2.45) is 0 Å². The van der Waals surface area contributed by atoms with Gasteiger partial charge in [0.05, 0.1) is 33.0 Å². The van der Waals surface area contributed by atoms with Gasteiger partial charge in [0.2, 0.25) is 0 Å². The monoisotopic (exact) mass is 382 g/mol. The molecule has 28 heavy (non-hydrogen) atoms. The molecular weight excluding hydrogens is 360 g/mol. The summed E-state index contributed by atoms with van der Waals surface area (Å²) >= 11 is 0. The second kappa shape index (κ2) is 8.19. The Bertz CT molecular complexity index is 1010. The first-order valence-corrected chi connectivity index (χ1v) is 8.83. The molecule has 0 heterocycles. The van der Waals surface area contributed by atoms with Crippen molar-refractivity contribution in [2.45, 2.75) is 13.5 Å². The summed E-state index contributed by atoms with van der Waals surface area (Å²) in [7, 11) is 3.07. The lowest BCUT2D eigenvalue weighted by Gasteiger charge is -2.17. The average molecular weight is 382 g/mol. The van der Waals surface area contributed by atoms with Crippen LogP contribution in [-0.2, 0) is 6.61 Å². The van der Waals surface area contributed by atoms with Gasteiger partial charge in [-0.25, -0.2) is 4.79 Å². The van der Waals surface area contributed by atoms with E-state index in [0.717, 1.165) is 5.39 Å². The zero-order valence-corrected chi connectivity index (χ0v) is 16.0. The van der Waals surface area contributed by atoms with Gasteiger partial charge in [0.25, 0.3) is 0 Å². The van der Waals surface area contributed by atoms with Crippen LogP contribution in [-0.4, -0.2) is 37.0 Å². The van der Waals surface area contributed by atoms with E-state index in [1.165, 1.54) is 14.2 Å². The average Bonchev–Trinajstić information content (AvgIpc) is 2.71. The van der Waals surface area contributed by atoms with Gasteiger partial charge in [-0.1, -0.05) is 12.1 Å². The van der Waals surface area contributed by atoms with E-state index >= 15 is 0 Å². The van der Waals surface area contributed by atoms with Crippen molar-refractivity contribution in [3.05, 3.63) is 53.6 Å². The topological polar surface area (TPSA) is 85.2 Å². The van der Waals surface area contributed by atoms with Gasteiger partial charge in [-0.2, -0.15) is 0 Å². The SMILES string of the molecule is CCOc1ccc(-c2c(C(=O)O)c(CO)cc3cc(OC)c(OC)cc23)cc1. The molecule has 3 aromatic rings. The number of hydrogen-bond donors (Lipinski definition) is 2. The third-order valence-electron chi connectivity index (χ3n) is 4.56. The van der Waals surface area contributed by atoms with Crippen LogP contribution in [0.1, 0.15) is 22.8 Å². The van der Waals surface area contributed by atoms with Crippen LogP contribution in [0.3, 0.4) is 0 Å². The van der Waals surface area contributed by atoms with Crippen molar-refractivity contribution in [3.8, 4) is 28.4 Å². The van der Waals surface area contributed by atoms with Gasteiger partial charge in [-0.05, 0) is 59.2 Å². The van der Waals surface area contributed by atoms with E-state index in [-0.39, 0.29) is 5.56 Å². The Morgan fingerprint density at radius 2 is 1.64 bits per heavy atom. The molecule has 0 spiro atoms. The number of rotatable bonds is 7. The van der Waals surface area contributed by atoms with E-state index < -0.39 is 12.6 Å². The van der Waals surface area contributed by atoms with Gasteiger partial charge in [0, 0.05) is 5.56 Å². The Kier molecular flexibility index (Phi) is 5.70. The van der Waals surface area contributed by atoms with Crippen LogP contribution in [0.4, 0.5) is 0 Å². The number of methoxy groups -OCH3 is 2. The highest BCUT2D eigenvalue weighted by molar-refractivity contribution is 6.09. The minimum atomic E-state index is -1.11. The first kappa shape index (κ1) is 19.5. The molecule has 0 saturated heterocycles. The van der Waals surface area contributed by atoms with Crippen LogP contribution in [0, 0.1) is 0 Å². The van der Waals surface area contributed by atoms with E-state index in [9.17, 15) is 15.0 Å². The van der Waals surface area contributed by atoms with Crippen molar-refractivity contribution >= 4 is 16.7 Å². The predicted molar refractivity (Wildman–Crippen MR) is 107 cm³/mol. The second-order valence-electron chi connectivity index (χ2n) is 6.13. The highest BCUT2D eigenvalue weighted by Crippen LogP contribution is 2.40. The molecular formula is C22H22O6. The number of ether oxygens (including phenoxy) is 3. The number of carboxylic acids is 1. The first-order valence-electron chi connectivity index (χ1n) is 8.83. The van der Waals surface area contributed by atoms with Crippen LogP contribution in [0.2, 0.25) is 0 Å². The summed E-state index contributed by atoms with van der Waals surface area (Å²) in [6.45, 7) is 2.05. The van der Waals surface area contributed by atoms with Crippen LogP contribution < -0.4 is 14.2 Å². The number of carboxylic acid groups (broad SMARTS) is 1. The molecule has 3 rings (SSSR count).